The van der Waals surface area contributed by atoms with Gasteiger partial charge in [0, 0.05) is 0 Å². The van der Waals surface area contributed by atoms with Crippen LogP contribution < -0.4 is 4.74 Å². The minimum atomic E-state index is -0.434. The predicted molar refractivity (Wildman–Crippen MR) is 72.6 cm³/mol. The first-order valence-electron chi connectivity index (χ1n) is 6.11. The van der Waals surface area contributed by atoms with Crippen LogP contribution in [-0.2, 0) is 6.61 Å². The lowest BCUT2D eigenvalue weighted by Crippen LogP contribution is -1.96. The number of rotatable bonds is 4. The second-order valence-electron chi connectivity index (χ2n) is 4.52. The van der Waals surface area contributed by atoms with Crippen LogP contribution in [0.25, 0.3) is 0 Å². The average Bonchev–Trinajstić information content (AvgIpc) is 2.38. The normalized spacial score (nSPS) is 12.2. The molecule has 2 heteroatoms. The van der Waals surface area contributed by atoms with Gasteiger partial charge in [0.25, 0.3) is 0 Å². The summed E-state index contributed by atoms with van der Waals surface area (Å²) in [6.45, 7) is 4.38. The summed E-state index contributed by atoms with van der Waals surface area (Å²) in [6.07, 6.45) is -0.434. The molecule has 0 heterocycles. The van der Waals surface area contributed by atoms with Crippen LogP contribution in [0.1, 0.15) is 29.7 Å². The third-order valence-corrected chi connectivity index (χ3v) is 2.89. The largest absolute Gasteiger partial charge is 0.489 e. The lowest BCUT2D eigenvalue weighted by atomic mass is 10.1. The Hall–Kier alpha value is -1.80. The Morgan fingerprint density at radius 1 is 1.00 bits per heavy atom. The molecule has 0 fully saturated rings. The van der Waals surface area contributed by atoms with E-state index in [0.29, 0.717) is 6.61 Å². The van der Waals surface area contributed by atoms with E-state index >= 15 is 0 Å². The van der Waals surface area contributed by atoms with E-state index in [1.54, 1.807) is 6.92 Å². The van der Waals surface area contributed by atoms with Crippen LogP contribution >= 0.6 is 0 Å². The lowest BCUT2D eigenvalue weighted by molar-refractivity contribution is 0.199. The molecule has 1 atom stereocenters. The summed E-state index contributed by atoms with van der Waals surface area (Å²) in [5.74, 6) is 0.819. The van der Waals surface area contributed by atoms with Gasteiger partial charge in [-0.3, -0.25) is 0 Å². The predicted octanol–water partition coefficient (Wildman–Crippen LogP) is 3.63. The van der Waals surface area contributed by atoms with Crippen LogP contribution in [0.2, 0.25) is 0 Å². The average molecular weight is 242 g/mol. The van der Waals surface area contributed by atoms with E-state index < -0.39 is 6.10 Å². The molecule has 0 spiro atoms. The van der Waals surface area contributed by atoms with Gasteiger partial charge in [0.05, 0.1) is 6.10 Å². The number of benzene rings is 2. The monoisotopic (exact) mass is 242 g/mol. The molecular weight excluding hydrogens is 224 g/mol. The van der Waals surface area contributed by atoms with E-state index in [4.69, 9.17) is 4.74 Å². The maximum atomic E-state index is 9.41. The number of aryl methyl sites for hydroxylation is 1. The van der Waals surface area contributed by atoms with E-state index in [1.807, 2.05) is 24.3 Å². The minimum Gasteiger partial charge on any atom is -0.489 e. The lowest BCUT2D eigenvalue weighted by Gasteiger charge is -2.08. The molecule has 1 N–H and O–H groups in total. The highest BCUT2D eigenvalue weighted by atomic mass is 16.5. The minimum absolute atomic E-state index is 0.434. The van der Waals surface area contributed by atoms with Gasteiger partial charge in [-0.15, -0.1) is 0 Å². The number of ether oxygens (including phenoxy) is 1. The zero-order valence-corrected chi connectivity index (χ0v) is 10.8. The Morgan fingerprint density at radius 2 is 1.61 bits per heavy atom. The summed E-state index contributed by atoms with van der Waals surface area (Å²) in [4.78, 5) is 0. The van der Waals surface area contributed by atoms with Crippen molar-refractivity contribution in [2.45, 2.75) is 26.6 Å². The highest BCUT2D eigenvalue weighted by Crippen LogP contribution is 2.18. The summed E-state index contributed by atoms with van der Waals surface area (Å²) in [6, 6.07) is 15.8. The van der Waals surface area contributed by atoms with Crippen molar-refractivity contribution in [1.29, 1.82) is 0 Å². The van der Waals surface area contributed by atoms with Crippen LogP contribution in [0.15, 0.2) is 48.5 Å². The zero-order valence-electron chi connectivity index (χ0n) is 10.8. The zero-order chi connectivity index (χ0) is 13.0. The number of aliphatic hydroxyl groups excluding tert-OH is 1. The van der Waals surface area contributed by atoms with Crippen molar-refractivity contribution in [2.24, 2.45) is 0 Å². The Kier molecular flexibility index (Phi) is 4.00. The Bertz CT molecular complexity index is 484. The second kappa shape index (κ2) is 5.69. The van der Waals surface area contributed by atoms with Crippen molar-refractivity contribution in [1.82, 2.24) is 0 Å². The van der Waals surface area contributed by atoms with E-state index in [0.717, 1.165) is 16.9 Å². The van der Waals surface area contributed by atoms with Gasteiger partial charge in [0.2, 0.25) is 0 Å². The molecule has 0 aliphatic heterocycles. The molecule has 0 saturated heterocycles. The molecule has 0 aromatic heterocycles. The number of hydrogen-bond donors (Lipinski definition) is 1. The maximum Gasteiger partial charge on any atom is 0.119 e. The molecule has 2 aromatic carbocycles. The maximum absolute atomic E-state index is 9.41. The summed E-state index contributed by atoms with van der Waals surface area (Å²) in [5.41, 5.74) is 3.30. The van der Waals surface area contributed by atoms with Gasteiger partial charge in [-0.1, -0.05) is 42.0 Å². The summed E-state index contributed by atoms with van der Waals surface area (Å²) < 4.78 is 5.69. The van der Waals surface area contributed by atoms with Gasteiger partial charge in [-0.05, 0) is 37.1 Å². The number of hydrogen-bond acceptors (Lipinski definition) is 2. The van der Waals surface area contributed by atoms with Gasteiger partial charge in [0.1, 0.15) is 12.4 Å². The fraction of sp³-hybridized carbons (Fsp3) is 0.250. The quantitative estimate of drug-likeness (QED) is 0.887. The van der Waals surface area contributed by atoms with Gasteiger partial charge >= 0.3 is 0 Å². The van der Waals surface area contributed by atoms with Gasteiger partial charge in [-0.2, -0.15) is 0 Å². The Morgan fingerprint density at radius 3 is 2.17 bits per heavy atom. The molecule has 0 saturated carbocycles. The molecule has 0 aliphatic rings. The van der Waals surface area contributed by atoms with Crippen LogP contribution in [-0.4, -0.2) is 5.11 Å². The van der Waals surface area contributed by atoms with Crippen molar-refractivity contribution >= 4 is 0 Å². The summed E-state index contributed by atoms with van der Waals surface area (Å²) in [7, 11) is 0. The molecule has 0 unspecified atom stereocenters. The summed E-state index contributed by atoms with van der Waals surface area (Å²) >= 11 is 0. The molecule has 2 rings (SSSR count). The smallest absolute Gasteiger partial charge is 0.119 e. The molecule has 94 valence electrons. The van der Waals surface area contributed by atoms with E-state index in [2.05, 4.69) is 31.2 Å². The molecule has 0 radical (unpaired) electrons. The first-order chi connectivity index (χ1) is 8.65. The van der Waals surface area contributed by atoms with E-state index in [-0.39, 0.29) is 0 Å². The molecule has 0 bridgehead atoms. The van der Waals surface area contributed by atoms with Gasteiger partial charge < -0.3 is 9.84 Å². The Balaban J connectivity index is 1.95. The topological polar surface area (TPSA) is 29.5 Å². The van der Waals surface area contributed by atoms with Crippen LogP contribution in [0.5, 0.6) is 5.75 Å². The highest BCUT2D eigenvalue weighted by molar-refractivity contribution is 5.29. The molecule has 18 heavy (non-hydrogen) atoms. The fourth-order valence-corrected chi connectivity index (χ4v) is 1.69. The van der Waals surface area contributed by atoms with Crippen molar-refractivity contribution in [3.05, 3.63) is 65.2 Å². The van der Waals surface area contributed by atoms with E-state index in [9.17, 15) is 5.11 Å². The first kappa shape index (κ1) is 12.7. The molecule has 2 nitrogen and oxygen atoms in total. The molecule has 0 aliphatic carbocycles. The van der Waals surface area contributed by atoms with Crippen molar-refractivity contribution in [3.63, 3.8) is 0 Å². The van der Waals surface area contributed by atoms with Crippen LogP contribution in [0, 0.1) is 6.92 Å². The molecular formula is C16H18O2. The third kappa shape index (κ3) is 3.34. The fourth-order valence-electron chi connectivity index (χ4n) is 1.69. The standard InChI is InChI=1S/C16H18O2/c1-12-3-5-14(6-4-12)11-18-16-9-7-15(8-10-16)13(2)17/h3-10,13,17H,11H2,1-2H3/t13-/m1/s1. The van der Waals surface area contributed by atoms with Crippen molar-refractivity contribution in [2.75, 3.05) is 0 Å². The number of aliphatic hydroxyl groups is 1. The van der Waals surface area contributed by atoms with Crippen LogP contribution in [0.3, 0.4) is 0 Å². The highest BCUT2D eigenvalue weighted by Gasteiger charge is 2.01. The second-order valence-corrected chi connectivity index (χ2v) is 4.52. The van der Waals surface area contributed by atoms with E-state index in [1.165, 1.54) is 5.56 Å². The van der Waals surface area contributed by atoms with Crippen molar-refractivity contribution < 1.29 is 9.84 Å². The van der Waals surface area contributed by atoms with Crippen LogP contribution in [0.4, 0.5) is 0 Å². The summed E-state index contributed by atoms with van der Waals surface area (Å²) in [5, 5.41) is 9.41. The van der Waals surface area contributed by atoms with Gasteiger partial charge in [-0.25, -0.2) is 0 Å². The third-order valence-electron chi connectivity index (χ3n) is 2.89. The molecule has 2 aromatic rings. The first-order valence-corrected chi connectivity index (χ1v) is 6.11. The SMILES string of the molecule is Cc1ccc(COc2ccc([C@@H](C)O)cc2)cc1. The van der Waals surface area contributed by atoms with Crippen molar-refractivity contribution in [3.8, 4) is 5.75 Å². The Labute approximate surface area is 108 Å². The van der Waals surface area contributed by atoms with Gasteiger partial charge in [0.15, 0.2) is 0 Å². The molecule has 0 amide bonds.